The third kappa shape index (κ3) is 4.90. The van der Waals surface area contributed by atoms with Crippen molar-refractivity contribution in [3.8, 4) is 32.5 Å². The Labute approximate surface area is 170 Å². The molecule has 0 atom stereocenters. The molecule has 2 aromatic carbocycles. The minimum Gasteiger partial charge on any atom is -0.497 e. The smallest absolute Gasteiger partial charge is 0.124 e. The van der Waals surface area contributed by atoms with E-state index >= 15 is 0 Å². The minimum atomic E-state index is 0.801. The lowest BCUT2D eigenvalue weighted by Crippen LogP contribution is -2.27. The number of rotatable bonds is 9. The van der Waals surface area contributed by atoms with Gasteiger partial charge < -0.3 is 14.8 Å². The number of hydrogen-bond acceptors (Lipinski definition) is 6. The molecule has 0 bridgehead atoms. The SMILES string of the molecule is CNCCN(C)Cc1nc(-c2ccc(OC)cc2)sc1-c1ccc(OC)cc1. The Morgan fingerprint density at radius 3 is 2.04 bits per heavy atom. The van der Waals surface area contributed by atoms with Gasteiger partial charge in [-0.25, -0.2) is 4.98 Å². The van der Waals surface area contributed by atoms with E-state index in [1.54, 1.807) is 25.6 Å². The second-order valence-electron chi connectivity index (χ2n) is 6.59. The lowest BCUT2D eigenvalue weighted by Gasteiger charge is -2.15. The zero-order valence-corrected chi connectivity index (χ0v) is 17.7. The number of nitrogens with zero attached hydrogens (tertiary/aromatic N) is 2. The molecule has 5 nitrogen and oxygen atoms in total. The first-order chi connectivity index (χ1) is 13.6. The Kier molecular flexibility index (Phi) is 7.03. The maximum absolute atomic E-state index is 5.30. The van der Waals surface area contributed by atoms with Crippen molar-refractivity contribution in [3.05, 3.63) is 54.2 Å². The molecule has 6 heteroatoms. The predicted molar refractivity (Wildman–Crippen MR) is 116 cm³/mol. The molecule has 0 amide bonds. The monoisotopic (exact) mass is 397 g/mol. The van der Waals surface area contributed by atoms with Crippen LogP contribution in [0.3, 0.4) is 0 Å². The van der Waals surface area contributed by atoms with Gasteiger partial charge in [0.05, 0.1) is 24.8 Å². The number of ether oxygens (including phenoxy) is 2. The topological polar surface area (TPSA) is 46.6 Å². The van der Waals surface area contributed by atoms with Crippen LogP contribution in [-0.4, -0.2) is 51.3 Å². The maximum atomic E-state index is 5.30. The summed E-state index contributed by atoms with van der Waals surface area (Å²) in [7, 11) is 7.47. The van der Waals surface area contributed by atoms with E-state index in [1.165, 1.54) is 4.88 Å². The molecule has 0 radical (unpaired) electrons. The predicted octanol–water partition coefficient (Wildman–Crippen LogP) is 4.15. The van der Waals surface area contributed by atoms with Crippen LogP contribution < -0.4 is 14.8 Å². The third-order valence-electron chi connectivity index (χ3n) is 4.55. The van der Waals surface area contributed by atoms with Crippen LogP contribution >= 0.6 is 11.3 Å². The van der Waals surface area contributed by atoms with Crippen molar-refractivity contribution in [2.75, 3.05) is 41.4 Å². The summed E-state index contributed by atoms with van der Waals surface area (Å²) in [5.74, 6) is 1.71. The van der Waals surface area contributed by atoms with Gasteiger partial charge in [-0.05, 0) is 68.2 Å². The molecule has 0 aliphatic carbocycles. The Bertz CT molecular complexity index is 876. The Morgan fingerprint density at radius 2 is 1.50 bits per heavy atom. The molecule has 0 fully saturated rings. The van der Waals surface area contributed by atoms with Gasteiger partial charge in [-0.2, -0.15) is 0 Å². The highest BCUT2D eigenvalue weighted by molar-refractivity contribution is 7.18. The van der Waals surface area contributed by atoms with Gasteiger partial charge in [0.1, 0.15) is 16.5 Å². The fourth-order valence-electron chi connectivity index (χ4n) is 2.92. The summed E-state index contributed by atoms with van der Waals surface area (Å²) in [5, 5.41) is 4.22. The van der Waals surface area contributed by atoms with Crippen LogP contribution in [0.5, 0.6) is 11.5 Å². The molecule has 0 aliphatic rings. The fraction of sp³-hybridized carbons (Fsp3) is 0.318. The van der Waals surface area contributed by atoms with E-state index in [2.05, 4.69) is 41.5 Å². The Morgan fingerprint density at radius 1 is 0.929 bits per heavy atom. The van der Waals surface area contributed by atoms with Gasteiger partial charge in [0.15, 0.2) is 0 Å². The average molecular weight is 398 g/mol. The van der Waals surface area contributed by atoms with Gasteiger partial charge in [0.25, 0.3) is 0 Å². The van der Waals surface area contributed by atoms with Gasteiger partial charge in [0.2, 0.25) is 0 Å². The molecule has 1 aromatic heterocycles. The number of thiazole rings is 1. The van der Waals surface area contributed by atoms with E-state index < -0.39 is 0 Å². The summed E-state index contributed by atoms with van der Waals surface area (Å²) >= 11 is 1.72. The van der Waals surface area contributed by atoms with Crippen molar-refractivity contribution in [1.29, 1.82) is 0 Å². The van der Waals surface area contributed by atoms with Crippen LogP contribution in [0.2, 0.25) is 0 Å². The maximum Gasteiger partial charge on any atom is 0.124 e. The van der Waals surface area contributed by atoms with Crippen LogP contribution in [0.25, 0.3) is 21.0 Å². The minimum absolute atomic E-state index is 0.801. The van der Waals surface area contributed by atoms with Crippen molar-refractivity contribution in [1.82, 2.24) is 15.2 Å². The standard InChI is InChI=1S/C22H27N3O2S/c1-23-13-14-25(2)15-20-21(16-5-9-18(26-3)10-6-16)28-22(24-20)17-7-11-19(27-4)12-8-17/h5-12,23H,13-15H2,1-4H3. The highest BCUT2D eigenvalue weighted by atomic mass is 32.1. The van der Waals surface area contributed by atoms with E-state index in [-0.39, 0.29) is 0 Å². The molecule has 3 rings (SSSR count). The fourth-order valence-corrected chi connectivity index (χ4v) is 4.01. The van der Waals surface area contributed by atoms with Crippen molar-refractivity contribution in [2.45, 2.75) is 6.54 Å². The second kappa shape index (κ2) is 9.68. The molecule has 148 valence electrons. The second-order valence-corrected chi connectivity index (χ2v) is 7.59. The molecule has 0 spiro atoms. The van der Waals surface area contributed by atoms with E-state index in [0.717, 1.165) is 53.0 Å². The summed E-state index contributed by atoms with van der Waals surface area (Å²) in [4.78, 5) is 8.47. The van der Waals surface area contributed by atoms with Crippen molar-refractivity contribution >= 4 is 11.3 Å². The van der Waals surface area contributed by atoms with Gasteiger partial charge in [-0.1, -0.05) is 0 Å². The average Bonchev–Trinajstić information content (AvgIpc) is 3.16. The normalized spacial score (nSPS) is 11.0. The Balaban J connectivity index is 1.95. The van der Waals surface area contributed by atoms with Crippen LogP contribution in [0.15, 0.2) is 48.5 Å². The molecular formula is C22H27N3O2S. The Hall–Kier alpha value is -2.41. The van der Waals surface area contributed by atoms with Crippen LogP contribution in [0.4, 0.5) is 0 Å². The summed E-state index contributed by atoms with van der Waals surface area (Å²) in [6.07, 6.45) is 0. The van der Waals surface area contributed by atoms with E-state index in [9.17, 15) is 0 Å². The molecule has 0 saturated carbocycles. The lowest BCUT2D eigenvalue weighted by molar-refractivity contribution is 0.325. The number of aromatic nitrogens is 1. The first-order valence-electron chi connectivity index (χ1n) is 9.26. The summed E-state index contributed by atoms with van der Waals surface area (Å²) < 4.78 is 10.6. The number of likely N-dealkylation sites (N-methyl/N-ethyl adjacent to an activating group) is 2. The van der Waals surface area contributed by atoms with Gasteiger partial charge in [-0.15, -0.1) is 11.3 Å². The molecular weight excluding hydrogens is 370 g/mol. The molecule has 1 N–H and O–H groups in total. The van der Waals surface area contributed by atoms with Crippen LogP contribution in [0.1, 0.15) is 5.69 Å². The van der Waals surface area contributed by atoms with Crippen LogP contribution in [0, 0.1) is 0 Å². The highest BCUT2D eigenvalue weighted by Crippen LogP contribution is 2.37. The van der Waals surface area contributed by atoms with E-state index in [4.69, 9.17) is 14.5 Å². The molecule has 0 unspecified atom stereocenters. The van der Waals surface area contributed by atoms with Crippen molar-refractivity contribution in [3.63, 3.8) is 0 Å². The highest BCUT2D eigenvalue weighted by Gasteiger charge is 2.16. The quantitative estimate of drug-likeness (QED) is 0.588. The zero-order chi connectivity index (χ0) is 19.9. The van der Waals surface area contributed by atoms with Gasteiger partial charge >= 0.3 is 0 Å². The molecule has 0 saturated heterocycles. The largest absolute Gasteiger partial charge is 0.497 e. The summed E-state index contributed by atoms with van der Waals surface area (Å²) in [6, 6.07) is 16.3. The van der Waals surface area contributed by atoms with Crippen molar-refractivity contribution < 1.29 is 9.47 Å². The molecule has 3 aromatic rings. The first-order valence-corrected chi connectivity index (χ1v) is 10.1. The molecule has 1 heterocycles. The summed E-state index contributed by atoms with van der Waals surface area (Å²) in [6.45, 7) is 2.72. The van der Waals surface area contributed by atoms with Crippen LogP contribution in [-0.2, 0) is 6.54 Å². The molecule has 0 aliphatic heterocycles. The van der Waals surface area contributed by atoms with Crippen molar-refractivity contribution in [2.24, 2.45) is 0 Å². The zero-order valence-electron chi connectivity index (χ0n) is 16.9. The van der Waals surface area contributed by atoms with E-state index in [1.807, 2.05) is 31.3 Å². The summed E-state index contributed by atoms with van der Waals surface area (Å²) in [5.41, 5.74) is 3.36. The third-order valence-corrected chi connectivity index (χ3v) is 5.75. The van der Waals surface area contributed by atoms with Gasteiger partial charge in [-0.3, -0.25) is 4.90 Å². The molecule has 28 heavy (non-hydrogen) atoms. The van der Waals surface area contributed by atoms with Gasteiger partial charge in [0, 0.05) is 25.2 Å². The van der Waals surface area contributed by atoms with E-state index in [0.29, 0.717) is 0 Å². The first kappa shape index (κ1) is 20.3. The number of benzene rings is 2. The number of methoxy groups -OCH3 is 2. The number of hydrogen-bond donors (Lipinski definition) is 1. The lowest BCUT2D eigenvalue weighted by atomic mass is 10.1. The number of nitrogens with one attached hydrogen (secondary N) is 1.